The molecule has 0 radical (unpaired) electrons. The summed E-state index contributed by atoms with van der Waals surface area (Å²) in [6, 6.07) is 13.7. The molecule has 0 aliphatic heterocycles. The lowest BCUT2D eigenvalue weighted by molar-refractivity contribution is -0.137. The summed E-state index contributed by atoms with van der Waals surface area (Å²) in [7, 11) is 0. The number of halogens is 2. The molecule has 0 fully saturated rings. The number of alkyl halides is 1. The Kier molecular flexibility index (Phi) is 9.53. The lowest BCUT2D eigenvalue weighted by Gasteiger charge is -2.28. The number of carbonyl (C=O) groups excluding carboxylic acids is 2. The molecule has 0 heterocycles. The van der Waals surface area contributed by atoms with Crippen LogP contribution in [-0.4, -0.2) is 25.5 Å². The van der Waals surface area contributed by atoms with E-state index >= 15 is 8.78 Å². The molecule has 0 saturated heterocycles. The van der Waals surface area contributed by atoms with Crippen LogP contribution >= 0.6 is 0 Å². The van der Waals surface area contributed by atoms with Gasteiger partial charge in [0.1, 0.15) is 17.9 Å². The van der Waals surface area contributed by atoms with E-state index in [4.69, 9.17) is 9.47 Å². The average Bonchev–Trinajstić information content (AvgIpc) is 2.88. The van der Waals surface area contributed by atoms with Gasteiger partial charge in [-0.05, 0) is 54.5 Å². The number of carbonyl (C=O) groups is 2. The minimum absolute atomic E-state index is 0.0876. The van der Waals surface area contributed by atoms with E-state index in [-0.39, 0.29) is 17.6 Å². The van der Waals surface area contributed by atoms with Crippen molar-refractivity contribution in [2.75, 3.05) is 13.2 Å². The summed E-state index contributed by atoms with van der Waals surface area (Å²) >= 11 is 0. The van der Waals surface area contributed by atoms with Crippen molar-refractivity contribution in [2.24, 2.45) is 0 Å². The maximum atomic E-state index is 15.9. The van der Waals surface area contributed by atoms with Gasteiger partial charge in [0.15, 0.2) is 5.67 Å². The number of aryl methyl sites for hydroxylation is 1. The van der Waals surface area contributed by atoms with Crippen molar-refractivity contribution in [3.8, 4) is 5.75 Å². The predicted octanol–water partition coefficient (Wildman–Crippen LogP) is 6.60. The molecular formula is C29H30F2O4. The van der Waals surface area contributed by atoms with Gasteiger partial charge in [-0.2, -0.15) is 0 Å². The van der Waals surface area contributed by atoms with E-state index in [1.807, 2.05) is 12.1 Å². The molecule has 1 aliphatic carbocycles. The molecule has 35 heavy (non-hydrogen) atoms. The number of ether oxygens (including phenoxy) is 2. The molecule has 4 nitrogen and oxygen atoms in total. The minimum Gasteiger partial charge on any atom is -0.494 e. The van der Waals surface area contributed by atoms with Crippen molar-refractivity contribution in [2.45, 2.75) is 44.2 Å². The van der Waals surface area contributed by atoms with E-state index in [2.05, 4.69) is 6.58 Å². The molecular weight excluding hydrogens is 450 g/mol. The number of benzene rings is 2. The molecule has 184 valence electrons. The molecule has 1 unspecified atom stereocenters. The molecule has 0 amide bonds. The molecule has 0 aromatic heterocycles. The molecule has 2 aromatic carbocycles. The van der Waals surface area contributed by atoms with Gasteiger partial charge in [-0.3, -0.25) is 0 Å². The van der Waals surface area contributed by atoms with Crippen molar-refractivity contribution in [1.29, 1.82) is 0 Å². The number of aldehydes is 1. The molecule has 0 spiro atoms. The summed E-state index contributed by atoms with van der Waals surface area (Å²) in [6.45, 7) is 4.04. The van der Waals surface area contributed by atoms with E-state index in [0.29, 0.717) is 43.8 Å². The van der Waals surface area contributed by atoms with Crippen LogP contribution in [0.15, 0.2) is 79.2 Å². The molecule has 2 aromatic rings. The first-order valence-corrected chi connectivity index (χ1v) is 11.8. The number of hydrogen-bond acceptors (Lipinski definition) is 4. The van der Waals surface area contributed by atoms with Gasteiger partial charge in [0, 0.05) is 24.5 Å². The van der Waals surface area contributed by atoms with Crippen molar-refractivity contribution in [1.82, 2.24) is 0 Å². The van der Waals surface area contributed by atoms with Gasteiger partial charge in [0.05, 0.1) is 13.2 Å². The Morgan fingerprint density at radius 3 is 2.43 bits per heavy atom. The maximum Gasteiger partial charge on any atom is 0.330 e. The first-order valence-electron chi connectivity index (χ1n) is 11.8. The highest BCUT2D eigenvalue weighted by Gasteiger charge is 2.40. The van der Waals surface area contributed by atoms with Gasteiger partial charge in [-0.15, -0.1) is 0 Å². The molecule has 6 heteroatoms. The zero-order valence-electron chi connectivity index (χ0n) is 19.7. The van der Waals surface area contributed by atoms with Crippen molar-refractivity contribution < 1.29 is 27.8 Å². The standard InChI is InChI=1S/C29H30F2O4/c1-2-27(33)35-21-6-5-20-34-25-16-14-24(15-17-25)29(31)18-7-9-26(28(29)30)23-12-10-22(11-13-23)8-3-4-19-32/h2,7,9-17,19H,1,3-6,8,18,20-21H2. The Labute approximate surface area is 204 Å². The number of rotatable bonds is 13. The normalized spacial score (nSPS) is 17.2. The molecule has 0 bridgehead atoms. The molecule has 1 aliphatic rings. The first-order chi connectivity index (χ1) is 17.0. The first kappa shape index (κ1) is 26.1. The van der Waals surface area contributed by atoms with Gasteiger partial charge < -0.3 is 14.3 Å². The Balaban J connectivity index is 1.62. The fourth-order valence-electron chi connectivity index (χ4n) is 3.86. The van der Waals surface area contributed by atoms with Crippen LogP contribution in [0.1, 0.15) is 48.8 Å². The minimum atomic E-state index is -2.25. The van der Waals surface area contributed by atoms with Crippen LogP contribution in [0.5, 0.6) is 5.75 Å². The zero-order valence-corrected chi connectivity index (χ0v) is 19.7. The fraction of sp³-hybridized carbons (Fsp3) is 0.310. The Bertz CT molecular complexity index is 1070. The SMILES string of the molecule is C=CC(=O)OCCCCOc1ccc(C2(F)CC=CC(c3ccc(CCCC=O)cc3)=C2F)cc1. The van der Waals surface area contributed by atoms with Gasteiger partial charge in [-0.25, -0.2) is 13.6 Å². The summed E-state index contributed by atoms with van der Waals surface area (Å²) < 4.78 is 42.0. The van der Waals surface area contributed by atoms with E-state index in [1.54, 1.807) is 48.6 Å². The second-order valence-corrected chi connectivity index (χ2v) is 8.34. The van der Waals surface area contributed by atoms with Crippen LogP contribution < -0.4 is 4.74 Å². The summed E-state index contributed by atoms with van der Waals surface area (Å²) in [5.74, 6) is -0.704. The van der Waals surface area contributed by atoms with E-state index in [9.17, 15) is 9.59 Å². The lowest BCUT2D eigenvalue weighted by Crippen LogP contribution is -2.23. The molecule has 1 atom stereocenters. The summed E-state index contributed by atoms with van der Waals surface area (Å²) in [5.41, 5.74) is -0.128. The third-order valence-corrected chi connectivity index (χ3v) is 5.85. The Morgan fingerprint density at radius 1 is 1.03 bits per heavy atom. The van der Waals surface area contributed by atoms with E-state index in [0.717, 1.165) is 30.8 Å². The van der Waals surface area contributed by atoms with Gasteiger partial charge >= 0.3 is 5.97 Å². The monoisotopic (exact) mass is 480 g/mol. The fourth-order valence-corrected chi connectivity index (χ4v) is 3.86. The van der Waals surface area contributed by atoms with Crippen molar-refractivity contribution in [3.63, 3.8) is 0 Å². The molecule has 3 rings (SSSR count). The van der Waals surface area contributed by atoms with Crippen molar-refractivity contribution in [3.05, 3.63) is 95.9 Å². The number of unbranched alkanes of at least 4 members (excludes halogenated alkanes) is 2. The van der Waals surface area contributed by atoms with Gasteiger partial charge in [0.2, 0.25) is 0 Å². The number of esters is 1. The topological polar surface area (TPSA) is 52.6 Å². The van der Waals surface area contributed by atoms with Crippen LogP contribution in [0.3, 0.4) is 0 Å². The largest absolute Gasteiger partial charge is 0.494 e. The Morgan fingerprint density at radius 2 is 1.74 bits per heavy atom. The summed E-state index contributed by atoms with van der Waals surface area (Å²) in [5, 5.41) is 0. The zero-order chi connectivity index (χ0) is 25.1. The van der Waals surface area contributed by atoms with Crippen LogP contribution in [0, 0.1) is 0 Å². The van der Waals surface area contributed by atoms with Crippen LogP contribution in [0.2, 0.25) is 0 Å². The second-order valence-electron chi connectivity index (χ2n) is 8.34. The number of allylic oxidation sites excluding steroid dienone is 4. The van der Waals surface area contributed by atoms with Crippen LogP contribution in [-0.2, 0) is 26.4 Å². The highest BCUT2D eigenvalue weighted by molar-refractivity contribution is 5.81. The van der Waals surface area contributed by atoms with E-state index < -0.39 is 17.5 Å². The Hall–Kier alpha value is -3.54. The van der Waals surface area contributed by atoms with Crippen LogP contribution in [0.4, 0.5) is 8.78 Å². The highest BCUT2D eigenvalue weighted by atomic mass is 19.2. The van der Waals surface area contributed by atoms with E-state index in [1.165, 1.54) is 0 Å². The second kappa shape index (κ2) is 12.8. The molecule has 0 saturated carbocycles. The average molecular weight is 481 g/mol. The summed E-state index contributed by atoms with van der Waals surface area (Å²) in [4.78, 5) is 21.5. The third-order valence-electron chi connectivity index (χ3n) is 5.85. The quantitative estimate of drug-likeness (QED) is 0.140. The molecule has 0 N–H and O–H groups in total. The maximum absolute atomic E-state index is 15.9. The number of hydrogen-bond donors (Lipinski definition) is 0. The van der Waals surface area contributed by atoms with Crippen LogP contribution in [0.25, 0.3) is 5.57 Å². The van der Waals surface area contributed by atoms with Crippen molar-refractivity contribution >= 4 is 17.8 Å². The van der Waals surface area contributed by atoms with Gasteiger partial charge in [0.25, 0.3) is 0 Å². The lowest BCUT2D eigenvalue weighted by atomic mass is 9.83. The predicted molar refractivity (Wildman–Crippen MR) is 132 cm³/mol. The summed E-state index contributed by atoms with van der Waals surface area (Å²) in [6.07, 6.45) is 8.57. The highest BCUT2D eigenvalue weighted by Crippen LogP contribution is 2.45. The smallest absolute Gasteiger partial charge is 0.330 e. The third kappa shape index (κ3) is 6.98. The van der Waals surface area contributed by atoms with Gasteiger partial charge in [-0.1, -0.05) is 55.1 Å².